The number of hydrogen-bond donors (Lipinski definition) is 2. The molecule has 0 fully saturated rings. The Balaban J connectivity index is 0.000000134. The summed E-state index contributed by atoms with van der Waals surface area (Å²) in [5, 5.41) is 0. The van der Waals surface area contributed by atoms with Gasteiger partial charge in [-0.1, -0.05) is 24.3 Å². The summed E-state index contributed by atoms with van der Waals surface area (Å²) in [5.74, 6) is 0. The molecule has 0 amide bonds. The number of fused-ring (bicyclic) bond motifs is 2. The molecule has 0 spiro atoms. The molecule has 0 aromatic carbocycles. The molecule has 0 aliphatic heterocycles. The second kappa shape index (κ2) is 3.58. The lowest BCUT2D eigenvalue weighted by Crippen LogP contribution is -1.59. The third kappa shape index (κ3) is 2.76. The lowest BCUT2D eigenvalue weighted by atomic mass is 10.3. The average Bonchev–Trinajstić information content (AvgIpc) is 2.45. The molecular weight excluding hydrogens is 163 g/mol. The fourth-order valence-corrected chi connectivity index (χ4v) is 1.01. The van der Waals surface area contributed by atoms with E-state index in [0.29, 0.717) is 0 Å². The Morgan fingerprint density at radius 1 is 1.18 bits per heavy atom. The monoisotopic (exact) mass is 171 g/mol. The van der Waals surface area contributed by atoms with E-state index in [9.17, 15) is 0 Å². The normalized spacial score (nSPS) is 16.9. The third-order valence-electron chi connectivity index (χ3n) is 1.43. The predicted octanol–water partition coefficient (Wildman–Crippen LogP) is 1.44. The summed E-state index contributed by atoms with van der Waals surface area (Å²) in [4.78, 5) is 14.2. The van der Waals surface area contributed by atoms with Crippen LogP contribution in [0.25, 0.3) is 0 Å². The van der Waals surface area contributed by atoms with E-state index in [-0.39, 0.29) is 0 Å². The molecule has 2 aliphatic rings. The Hall–Kier alpha value is -0.760. The first-order valence-corrected chi connectivity index (χ1v) is 4.28. The van der Waals surface area contributed by atoms with E-state index >= 15 is 0 Å². The van der Waals surface area contributed by atoms with Crippen LogP contribution in [0.5, 0.6) is 0 Å². The second-order valence-corrected chi connectivity index (χ2v) is 2.75. The molecule has 2 bridgehead atoms. The summed E-state index contributed by atoms with van der Waals surface area (Å²) in [7, 11) is -2.87. The lowest BCUT2D eigenvalue weighted by molar-refractivity contribution is 0.405. The Bertz CT molecular complexity index is 239. The summed E-state index contributed by atoms with van der Waals surface area (Å²) >= 11 is 0. The molecule has 0 aromatic heterocycles. The molecule has 58 valence electrons. The zero-order valence-corrected chi connectivity index (χ0v) is 6.66. The highest BCUT2D eigenvalue weighted by Crippen LogP contribution is 2.27. The first-order chi connectivity index (χ1) is 5.18. The Kier molecular flexibility index (Phi) is 2.71. The summed E-state index contributed by atoms with van der Waals surface area (Å²) < 4.78 is 8.70. The summed E-state index contributed by atoms with van der Waals surface area (Å²) in [6.07, 6.45) is 9.90. The van der Waals surface area contributed by atoms with E-state index in [4.69, 9.17) is 14.4 Å². The van der Waals surface area contributed by atoms with Crippen LogP contribution < -0.4 is 0 Å². The zero-order valence-electron chi connectivity index (χ0n) is 5.77. The molecule has 4 heteroatoms. The highest BCUT2D eigenvalue weighted by Gasteiger charge is 2.07. The van der Waals surface area contributed by atoms with Crippen molar-refractivity contribution in [3.05, 3.63) is 35.5 Å². The summed E-state index contributed by atoms with van der Waals surface area (Å²) in [6.45, 7) is 0. The van der Waals surface area contributed by atoms with Crippen LogP contribution in [0.3, 0.4) is 0 Å². The maximum Gasteiger partial charge on any atom is 0.692 e. The Morgan fingerprint density at radius 3 is 1.64 bits per heavy atom. The van der Waals surface area contributed by atoms with Crippen molar-refractivity contribution in [3.8, 4) is 0 Å². The highest BCUT2D eigenvalue weighted by molar-refractivity contribution is 7.30. The van der Waals surface area contributed by atoms with Gasteiger partial charge in [0, 0.05) is 4.57 Å². The molecule has 0 unspecified atom stereocenters. The standard InChI is InChI=1S/C7H6.HO3P/c1-2-7-4-3-6(1)5-7;1-4(2)3/h1-4H,5H2;(H-,1,2,3)/p+1. The van der Waals surface area contributed by atoms with Crippen LogP contribution in [0.2, 0.25) is 0 Å². The van der Waals surface area contributed by atoms with Crippen molar-refractivity contribution in [2.24, 2.45) is 0 Å². The molecular formula is C7H8O3P+. The van der Waals surface area contributed by atoms with Gasteiger partial charge in [0.05, 0.1) is 0 Å². The van der Waals surface area contributed by atoms with E-state index in [1.165, 1.54) is 17.6 Å². The van der Waals surface area contributed by atoms with Gasteiger partial charge in [-0.15, -0.1) is 9.79 Å². The van der Waals surface area contributed by atoms with Crippen LogP contribution in [0.15, 0.2) is 35.5 Å². The molecule has 11 heavy (non-hydrogen) atoms. The van der Waals surface area contributed by atoms with Crippen LogP contribution in [0.1, 0.15) is 6.42 Å². The topological polar surface area (TPSA) is 57.5 Å². The van der Waals surface area contributed by atoms with Gasteiger partial charge in [-0.25, -0.2) is 0 Å². The van der Waals surface area contributed by atoms with Gasteiger partial charge >= 0.3 is 8.25 Å². The van der Waals surface area contributed by atoms with Crippen LogP contribution >= 0.6 is 8.25 Å². The minimum absolute atomic E-state index is 1.19. The summed E-state index contributed by atoms with van der Waals surface area (Å²) in [6, 6.07) is 0. The van der Waals surface area contributed by atoms with E-state index in [0.717, 1.165) is 0 Å². The van der Waals surface area contributed by atoms with Crippen molar-refractivity contribution in [1.82, 2.24) is 0 Å². The average molecular weight is 171 g/mol. The van der Waals surface area contributed by atoms with Crippen molar-refractivity contribution >= 4 is 8.25 Å². The first-order valence-electron chi connectivity index (χ1n) is 3.11. The molecule has 2 aliphatic carbocycles. The summed E-state index contributed by atoms with van der Waals surface area (Å²) in [5.41, 5.74) is 2.94. The Labute approximate surface area is 65.3 Å². The molecule has 0 atom stereocenters. The second-order valence-electron chi connectivity index (χ2n) is 2.25. The van der Waals surface area contributed by atoms with Crippen LogP contribution in [0, 0.1) is 0 Å². The minimum Gasteiger partial charge on any atom is -0.134 e. The maximum atomic E-state index is 8.70. The molecule has 0 saturated heterocycles. The van der Waals surface area contributed by atoms with Gasteiger partial charge in [-0.3, -0.25) is 0 Å². The number of hydrogen-bond acceptors (Lipinski definition) is 1. The minimum atomic E-state index is -2.87. The largest absolute Gasteiger partial charge is 0.692 e. The highest BCUT2D eigenvalue weighted by atomic mass is 31.1. The Morgan fingerprint density at radius 2 is 1.55 bits per heavy atom. The van der Waals surface area contributed by atoms with E-state index in [1.54, 1.807) is 0 Å². The smallest absolute Gasteiger partial charge is 0.134 e. The lowest BCUT2D eigenvalue weighted by Gasteiger charge is -1.77. The molecule has 0 radical (unpaired) electrons. The fraction of sp³-hybridized carbons (Fsp3) is 0.143. The van der Waals surface area contributed by atoms with Gasteiger partial charge in [0.2, 0.25) is 0 Å². The van der Waals surface area contributed by atoms with Crippen LogP contribution in [-0.4, -0.2) is 9.79 Å². The van der Waals surface area contributed by atoms with Gasteiger partial charge in [0.1, 0.15) is 0 Å². The quantitative estimate of drug-likeness (QED) is 0.542. The maximum absolute atomic E-state index is 8.70. The molecule has 3 nitrogen and oxygen atoms in total. The third-order valence-corrected chi connectivity index (χ3v) is 1.43. The van der Waals surface area contributed by atoms with Gasteiger partial charge in [0.25, 0.3) is 0 Å². The van der Waals surface area contributed by atoms with Gasteiger partial charge < -0.3 is 0 Å². The van der Waals surface area contributed by atoms with Gasteiger partial charge in [-0.05, 0) is 17.6 Å². The number of rotatable bonds is 0. The zero-order chi connectivity index (χ0) is 8.27. The van der Waals surface area contributed by atoms with E-state index in [2.05, 4.69) is 24.3 Å². The predicted molar refractivity (Wildman–Crippen MR) is 42.0 cm³/mol. The van der Waals surface area contributed by atoms with Crippen molar-refractivity contribution in [3.63, 3.8) is 0 Å². The molecule has 0 saturated carbocycles. The van der Waals surface area contributed by atoms with E-state index in [1.807, 2.05) is 0 Å². The molecule has 2 N–H and O–H groups in total. The van der Waals surface area contributed by atoms with E-state index < -0.39 is 8.25 Å². The SMILES string of the molecule is C1=CC2=CC=C1C2.O=[P+](O)O. The van der Waals surface area contributed by atoms with Crippen LogP contribution in [0.4, 0.5) is 0 Å². The van der Waals surface area contributed by atoms with Crippen molar-refractivity contribution in [2.75, 3.05) is 0 Å². The van der Waals surface area contributed by atoms with Gasteiger partial charge in [0.15, 0.2) is 0 Å². The van der Waals surface area contributed by atoms with Crippen molar-refractivity contribution in [2.45, 2.75) is 6.42 Å². The molecule has 0 aromatic rings. The van der Waals surface area contributed by atoms with Crippen molar-refractivity contribution in [1.29, 1.82) is 0 Å². The van der Waals surface area contributed by atoms with Crippen molar-refractivity contribution < 1.29 is 14.4 Å². The molecule has 2 rings (SSSR count). The first kappa shape index (κ1) is 8.34. The van der Waals surface area contributed by atoms with Crippen LogP contribution in [-0.2, 0) is 4.57 Å². The van der Waals surface area contributed by atoms with Gasteiger partial charge in [-0.2, -0.15) is 0 Å². The molecule has 0 heterocycles. The fourth-order valence-electron chi connectivity index (χ4n) is 1.01. The number of allylic oxidation sites excluding steroid dienone is 6.